The molecular formula is C18H18Cl3FN2O. The summed E-state index contributed by atoms with van der Waals surface area (Å²) in [6, 6.07) is 9.30. The van der Waals surface area contributed by atoms with Crippen molar-refractivity contribution in [3.05, 3.63) is 57.8 Å². The molecule has 2 aromatic carbocycles. The molecule has 0 atom stereocenters. The van der Waals surface area contributed by atoms with E-state index in [1.165, 1.54) is 18.2 Å². The molecule has 0 aliphatic carbocycles. The van der Waals surface area contributed by atoms with Gasteiger partial charge in [-0.25, -0.2) is 4.39 Å². The third-order valence-corrected chi connectivity index (χ3v) is 5.01. The maximum Gasteiger partial charge on any atom is 0.254 e. The zero-order valence-electron chi connectivity index (χ0n) is 13.3. The summed E-state index contributed by atoms with van der Waals surface area (Å²) < 4.78 is 13.8. The highest BCUT2D eigenvalue weighted by molar-refractivity contribution is 6.42. The Morgan fingerprint density at radius 3 is 2.40 bits per heavy atom. The number of hydrogen-bond donors (Lipinski definition) is 1. The van der Waals surface area contributed by atoms with Crippen molar-refractivity contribution in [2.45, 2.75) is 18.9 Å². The van der Waals surface area contributed by atoms with Crippen molar-refractivity contribution in [1.82, 2.24) is 4.90 Å². The Labute approximate surface area is 162 Å². The maximum absolute atomic E-state index is 13.8. The fourth-order valence-electron chi connectivity index (χ4n) is 2.88. The van der Waals surface area contributed by atoms with Gasteiger partial charge in [-0.3, -0.25) is 4.79 Å². The van der Waals surface area contributed by atoms with E-state index in [9.17, 15) is 9.18 Å². The molecule has 0 aromatic heterocycles. The van der Waals surface area contributed by atoms with Gasteiger partial charge in [0.25, 0.3) is 5.91 Å². The van der Waals surface area contributed by atoms with Gasteiger partial charge in [0, 0.05) is 24.7 Å². The van der Waals surface area contributed by atoms with Crippen molar-refractivity contribution < 1.29 is 9.18 Å². The van der Waals surface area contributed by atoms with Gasteiger partial charge in [-0.2, -0.15) is 0 Å². The number of benzene rings is 2. The Morgan fingerprint density at radius 1 is 1.08 bits per heavy atom. The van der Waals surface area contributed by atoms with Gasteiger partial charge in [-0.05, 0) is 54.3 Å². The van der Waals surface area contributed by atoms with E-state index in [4.69, 9.17) is 28.9 Å². The first-order valence-corrected chi connectivity index (χ1v) is 8.51. The van der Waals surface area contributed by atoms with Crippen LogP contribution in [0.15, 0.2) is 36.4 Å². The Balaban J connectivity index is 0.00000225. The fourth-order valence-corrected chi connectivity index (χ4v) is 3.18. The van der Waals surface area contributed by atoms with Crippen LogP contribution in [-0.4, -0.2) is 29.9 Å². The summed E-state index contributed by atoms with van der Waals surface area (Å²) in [6.07, 6.45) is 1.55. The molecule has 2 aromatic rings. The van der Waals surface area contributed by atoms with Gasteiger partial charge in [-0.15, -0.1) is 12.4 Å². The molecule has 1 fully saturated rings. The van der Waals surface area contributed by atoms with E-state index in [0.717, 1.165) is 12.8 Å². The van der Waals surface area contributed by atoms with E-state index in [2.05, 4.69) is 0 Å². The monoisotopic (exact) mass is 402 g/mol. The largest absolute Gasteiger partial charge is 0.339 e. The van der Waals surface area contributed by atoms with Crippen LogP contribution in [0.3, 0.4) is 0 Å². The third-order valence-electron chi connectivity index (χ3n) is 4.27. The minimum Gasteiger partial charge on any atom is -0.339 e. The zero-order chi connectivity index (χ0) is 17.3. The number of halogens is 4. The molecule has 3 rings (SSSR count). The summed E-state index contributed by atoms with van der Waals surface area (Å²) >= 11 is 12.0. The molecular weight excluding hydrogens is 386 g/mol. The van der Waals surface area contributed by atoms with Gasteiger partial charge in [0.2, 0.25) is 0 Å². The molecule has 1 saturated heterocycles. The van der Waals surface area contributed by atoms with Crippen LogP contribution in [0.25, 0.3) is 11.1 Å². The van der Waals surface area contributed by atoms with E-state index < -0.39 is 5.82 Å². The lowest BCUT2D eigenvalue weighted by atomic mass is 9.97. The lowest BCUT2D eigenvalue weighted by molar-refractivity contribution is 0.0715. The summed E-state index contributed by atoms with van der Waals surface area (Å²) in [6.45, 7) is 1.22. The summed E-state index contributed by atoms with van der Waals surface area (Å²) in [4.78, 5) is 14.6. The van der Waals surface area contributed by atoms with Crippen molar-refractivity contribution in [2.75, 3.05) is 13.1 Å². The van der Waals surface area contributed by atoms with Crippen molar-refractivity contribution in [3.8, 4) is 11.1 Å². The second-order valence-electron chi connectivity index (χ2n) is 5.95. The van der Waals surface area contributed by atoms with Crippen LogP contribution in [0.5, 0.6) is 0 Å². The van der Waals surface area contributed by atoms with Crippen LogP contribution in [0.4, 0.5) is 4.39 Å². The number of rotatable bonds is 2. The highest BCUT2D eigenvalue weighted by Crippen LogP contribution is 2.32. The number of amides is 1. The first-order chi connectivity index (χ1) is 11.5. The standard InChI is InChI=1S/C18H17Cl2FN2O.ClH/c19-16-4-1-11(9-17(16)20)15-10-12(21)2-3-14(15)18(24)23-7-5-13(22)6-8-23;/h1-4,9-10,13H,5-8,22H2;1H. The number of hydrogen-bond acceptors (Lipinski definition) is 2. The molecule has 7 heteroatoms. The fraction of sp³-hybridized carbons (Fsp3) is 0.278. The number of carbonyl (C=O) groups excluding carboxylic acids is 1. The molecule has 134 valence electrons. The van der Waals surface area contributed by atoms with E-state index in [0.29, 0.717) is 39.8 Å². The van der Waals surface area contributed by atoms with Crippen molar-refractivity contribution in [2.24, 2.45) is 5.73 Å². The van der Waals surface area contributed by atoms with E-state index in [-0.39, 0.29) is 24.4 Å². The Kier molecular flexibility index (Phi) is 6.69. The van der Waals surface area contributed by atoms with Gasteiger partial charge in [-0.1, -0.05) is 29.3 Å². The molecule has 1 heterocycles. The maximum atomic E-state index is 13.8. The quantitative estimate of drug-likeness (QED) is 0.784. The highest BCUT2D eigenvalue weighted by atomic mass is 35.5. The molecule has 1 aliphatic rings. The number of carbonyl (C=O) groups is 1. The zero-order valence-corrected chi connectivity index (χ0v) is 15.7. The number of nitrogens with two attached hydrogens (primary N) is 1. The predicted octanol–water partition coefficient (Wildman–Crippen LogP) is 4.78. The highest BCUT2D eigenvalue weighted by Gasteiger charge is 2.24. The van der Waals surface area contributed by atoms with Gasteiger partial charge in [0.1, 0.15) is 5.82 Å². The van der Waals surface area contributed by atoms with Crippen LogP contribution in [0.1, 0.15) is 23.2 Å². The molecule has 0 spiro atoms. The molecule has 25 heavy (non-hydrogen) atoms. The number of likely N-dealkylation sites (tertiary alicyclic amines) is 1. The molecule has 0 bridgehead atoms. The van der Waals surface area contributed by atoms with Crippen LogP contribution in [-0.2, 0) is 0 Å². The Hall–Kier alpha value is -1.33. The van der Waals surface area contributed by atoms with Gasteiger partial charge in [0.05, 0.1) is 10.0 Å². The topological polar surface area (TPSA) is 46.3 Å². The average Bonchev–Trinajstić information content (AvgIpc) is 2.57. The molecule has 0 unspecified atom stereocenters. The van der Waals surface area contributed by atoms with E-state index in [1.807, 2.05) is 0 Å². The van der Waals surface area contributed by atoms with Gasteiger partial charge >= 0.3 is 0 Å². The summed E-state index contributed by atoms with van der Waals surface area (Å²) in [5.41, 5.74) is 7.50. The normalized spacial score (nSPS) is 15.0. The molecule has 1 amide bonds. The summed E-state index contributed by atoms with van der Waals surface area (Å²) in [7, 11) is 0. The van der Waals surface area contributed by atoms with Crippen LogP contribution >= 0.6 is 35.6 Å². The molecule has 0 radical (unpaired) electrons. The lowest BCUT2D eigenvalue weighted by Gasteiger charge is -2.30. The van der Waals surface area contributed by atoms with E-state index >= 15 is 0 Å². The lowest BCUT2D eigenvalue weighted by Crippen LogP contribution is -2.43. The smallest absolute Gasteiger partial charge is 0.254 e. The van der Waals surface area contributed by atoms with Gasteiger partial charge in [0.15, 0.2) is 0 Å². The minimum atomic E-state index is -0.409. The Bertz CT molecular complexity index is 777. The first kappa shape index (κ1) is 20.0. The first-order valence-electron chi connectivity index (χ1n) is 7.75. The van der Waals surface area contributed by atoms with Crippen LogP contribution in [0.2, 0.25) is 10.0 Å². The van der Waals surface area contributed by atoms with Crippen molar-refractivity contribution in [1.29, 1.82) is 0 Å². The SMILES string of the molecule is Cl.NC1CCN(C(=O)c2ccc(F)cc2-c2ccc(Cl)c(Cl)c2)CC1. The number of nitrogens with zero attached hydrogens (tertiary/aromatic N) is 1. The molecule has 0 saturated carbocycles. The van der Waals surface area contributed by atoms with Crippen LogP contribution in [0, 0.1) is 5.82 Å². The second kappa shape index (κ2) is 8.37. The molecule has 2 N–H and O–H groups in total. The van der Waals surface area contributed by atoms with E-state index in [1.54, 1.807) is 23.1 Å². The van der Waals surface area contributed by atoms with Crippen molar-refractivity contribution in [3.63, 3.8) is 0 Å². The summed E-state index contributed by atoms with van der Waals surface area (Å²) in [5.74, 6) is -0.531. The van der Waals surface area contributed by atoms with Crippen molar-refractivity contribution >= 4 is 41.5 Å². The predicted molar refractivity (Wildman–Crippen MR) is 102 cm³/mol. The summed E-state index contributed by atoms with van der Waals surface area (Å²) in [5, 5.41) is 0.774. The second-order valence-corrected chi connectivity index (χ2v) is 6.76. The Morgan fingerprint density at radius 2 is 1.76 bits per heavy atom. The number of piperidine rings is 1. The molecule has 3 nitrogen and oxygen atoms in total. The third kappa shape index (κ3) is 4.45. The minimum absolute atomic E-state index is 0. The average molecular weight is 404 g/mol. The van der Waals surface area contributed by atoms with Gasteiger partial charge < -0.3 is 10.6 Å². The molecule has 1 aliphatic heterocycles. The van der Waals surface area contributed by atoms with Crippen LogP contribution < -0.4 is 5.73 Å².